The summed E-state index contributed by atoms with van der Waals surface area (Å²) >= 11 is 0. The summed E-state index contributed by atoms with van der Waals surface area (Å²) in [5.41, 5.74) is 10.1. The number of nitrogens with two attached hydrogens (primary N) is 2. The van der Waals surface area contributed by atoms with Crippen LogP contribution in [0, 0.1) is 5.92 Å². The lowest BCUT2D eigenvalue weighted by Gasteiger charge is -2.09. The van der Waals surface area contributed by atoms with Crippen LogP contribution in [-0.4, -0.2) is 11.8 Å². The van der Waals surface area contributed by atoms with E-state index in [1.165, 1.54) is 0 Å². The lowest BCUT2D eigenvalue weighted by atomic mass is 9.97. The topological polar surface area (TPSA) is 86.2 Å². The third-order valence-corrected chi connectivity index (χ3v) is 1.78. The molecule has 1 unspecified atom stereocenters. The zero-order chi connectivity index (χ0) is 9.56. The third-order valence-electron chi connectivity index (χ3n) is 1.78. The Balaban J connectivity index is 3.79. The average Bonchev–Trinajstić information content (AvgIpc) is 1.96. The summed E-state index contributed by atoms with van der Waals surface area (Å²) in [5, 5.41) is 0. The Morgan fingerprint density at radius 2 is 1.83 bits per heavy atom. The Kier molecular flexibility index (Phi) is 5.08. The lowest BCUT2D eigenvalue weighted by Crippen LogP contribution is -2.24. The molecule has 2 amide bonds. The zero-order valence-electron chi connectivity index (χ0n) is 7.38. The molecule has 0 aliphatic heterocycles. The lowest BCUT2D eigenvalue weighted by molar-refractivity contribution is -0.122. The maximum atomic E-state index is 10.8. The van der Waals surface area contributed by atoms with E-state index in [1.807, 2.05) is 6.92 Å². The number of primary amides is 2. The summed E-state index contributed by atoms with van der Waals surface area (Å²) in [6.45, 7) is 1.97. The van der Waals surface area contributed by atoms with Crippen molar-refractivity contribution < 1.29 is 9.59 Å². The molecule has 0 aromatic heterocycles. The molecule has 1 atom stereocenters. The van der Waals surface area contributed by atoms with E-state index >= 15 is 0 Å². The molecule has 0 rings (SSSR count). The van der Waals surface area contributed by atoms with Gasteiger partial charge in [-0.3, -0.25) is 9.59 Å². The maximum Gasteiger partial charge on any atom is 0.220 e. The smallest absolute Gasteiger partial charge is 0.220 e. The van der Waals surface area contributed by atoms with Crippen LogP contribution < -0.4 is 11.5 Å². The zero-order valence-corrected chi connectivity index (χ0v) is 7.38. The number of carbonyl (C=O) groups is 2. The van der Waals surface area contributed by atoms with Gasteiger partial charge in [-0.15, -0.1) is 0 Å². The molecule has 0 heterocycles. The second kappa shape index (κ2) is 5.57. The van der Waals surface area contributed by atoms with Crippen LogP contribution in [0.15, 0.2) is 0 Å². The number of hydrogen-bond acceptors (Lipinski definition) is 2. The largest absolute Gasteiger partial charge is 0.370 e. The highest BCUT2D eigenvalue weighted by Gasteiger charge is 2.14. The standard InChI is InChI=1S/C8H16N2O2/c1-2-3-6(8(10)12)4-5-7(9)11/h6H,2-5H2,1H3,(H2,9,11)(H2,10,12). The average molecular weight is 172 g/mol. The minimum absolute atomic E-state index is 0.192. The van der Waals surface area contributed by atoms with Gasteiger partial charge in [-0.2, -0.15) is 0 Å². The van der Waals surface area contributed by atoms with Crippen LogP contribution in [0.2, 0.25) is 0 Å². The first-order valence-corrected chi connectivity index (χ1v) is 4.15. The van der Waals surface area contributed by atoms with E-state index < -0.39 is 0 Å². The molecule has 0 aromatic rings. The quantitative estimate of drug-likeness (QED) is 0.597. The molecule has 0 spiro atoms. The molecule has 0 radical (unpaired) electrons. The molecule has 4 heteroatoms. The van der Waals surface area contributed by atoms with Gasteiger partial charge in [-0.25, -0.2) is 0 Å². The van der Waals surface area contributed by atoms with E-state index in [0.29, 0.717) is 6.42 Å². The first kappa shape index (κ1) is 10.9. The predicted octanol–water partition coefficient (Wildman–Crippen LogP) is 0.153. The summed E-state index contributed by atoms with van der Waals surface area (Å²) in [4.78, 5) is 21.2. The van der Waals surface area contributed by atoms with Crippen molar-refractivity contribution in [3.63, 3.8) is 0 Å². The van der Waals surface area contributed by atoms with Crippen LogP contribution in [-0.2, 0) is 9.59 Å². The van der Waals surface area contributed by atoms with Crippen molar-refractivity contribution in [1.82, 2.24) is 0 Å². The fourth-order valence-corrected chi connectivity index (χ4v) is 1.09. The van der Waals surface area contributed by atoms with E-state index in [1.54, 1.807) is 0 Å². The van der Waals surface area contributed by atoms with Gasteiger partial charge in [0.25, 0.3) is 0 Å². The third kappa shape index (κ3) is 4.71. The molecule has 12 heavy (non-hydrogen) atoms. The molecule has 0 bridgehead atoms. The number of rotatable bonds is 6. The Morgan fingerprint density at radius 1 is 1.25 bits per heavy atom. The monoisotopic (exact) mass is 172 g/mol. The van der Waals surface area contributed by atoms with Gasteiger partial charge in [-0.05, 0) is 12.8 Å². The van der Waals surface area contributed by atoms with Gasteiger partial charge in [0.15, 0.2) is 0 Å². The summed E-state index contributed by atoms with van der Waals surface area (Å²) < 4.78 is 0. The number of carbonyl (C=O) groups excluding carboxylic acids is 2. The van der Waals surface area contributed by atoms with E-state index in [9.17, 15) is 9.59 Å². The molecular weight excluding hydrogens is 156 g/mol. The SMILES string of the molecule is CCCC(CCC(N)=O)C(N)=O. The highest BCUT2D eigenvalue weighted by molar-refractivity contribution is 5.78. The summed E-state index contributed by atoms with van der Waals surface area (Å²) in [6.07, 6.45) is 2.36. The van der Waals surface area contributed by atoms with E-state index in [0.717, 1.165) is 12.8 Å². The van der Waals surface area contributed by atoms with Crippen LogP contribution >= 0.6 is 0 Å². The second-order valence-corrected chi connectivity index (χ2v) is 2.89. The molecule has 4 nitrogen and oxygen atoms in total. The van der Waals surface area contributed by atoms with Gasteiger partial charge < -0.3 is 11.5 Å². The molecule has 0 aliphatic rings. The van der Waals surface area contributed by atoms with Crippen molar-refractivity contribution in [2.24, 2.45) is 17.4 Å². The van der Waals surface area contributed by atoms with Gasteiger partial charge >= 0.3 is 0 Å². The van der Waals surface area contributed by atoms with Crippen molar-refractivity contribution in [2.45, 2.75) is 32.6 Å². The van der Waals surface area contributed by atoms with Gasteiger partial charge in [-0.1, -0.05) is 13.3 Å². The van der Waals surface area contributed by atoms with Crippen LogP contribution in [0.1, 0.15) is 32.6 Å². The normalized spacial score (nSPS) is 12.4. The van der Waals surface area contributed by atoms with Gasteiger partial charge in [0, 0.05) is 12.3 Å². The first-order chi connectivity index (χ1) is 5.57. The minimum Gasteiger partial charge on any atom is -0.370 e. The van der Waals surface area contributed by atoms with E-state index in [2.05, 4.69) is 0 Å². The van der Waals surface area contributed by atoms with Crippen molar-refractivity contribution in [2.75, 3.05) is 0 Å². The Labute approximate surface area is 72.3 Å². The highest BCUT2D eigenvalue weighted by atomic mass is 16.1. The maximum absolute atomic E-state index is 10.8. The second-order valence-electron chi connectivity index (χ2n) is 2.89. The summed E-state index contributed by atoms with van der Waals surface area (Å²) in [5.74, 6) is -0.905. The molecule has 0 aliphatic carbocycles. The van der Waals surface area contributed by atoms with Crippen molar-refractivity contribution >= 4 is 11.8 Å². The van der Waals surface area contributed by atoms with Crippen molar-refractivity contribution in [3.05, 3.63) is 0 Å². The molecular formula is C8H16N2O2. The van der Waals surface area contributed by atoms with Crippen molar-refractivity contribution in [1.29, 1.82) is 0 Å². The fraction of sp³-hybridized carbons (Fsp3) is 0.750. The highest BCUT2D eigenvalue weighted by Crippen LogP contribution is 2.12. The molecule has 0 aromatic carbocycles. The Morgan fingerprint density at radius 3 is 2.17 bits per heavy atom. The van der Waals surface area contributed by atoms with Gasteiger partial charge in [0.2, 0.25) is 11.8 Å². The van der Waals surface area contributed by atoms with Crippen LogP contribution in [0.25, 0.3) is 0 Å². The van der Waals surface area contributed by atoms with E-state index in [4.69, 9.17) is 11.5 Å². The minimum atomic E-state index is -0.377. The van der Waals surface area contributed by atoms with Gasteiger partial charge in [0.1, 0.15) is 0 Å². The van der Waals surface area contributed by atoms with Gasteiger partial charge in [0.05, 0.1) is 0 Å². The Hall–Kier alpha value is -1.06. The first-order valence-electron chi connectivity index (χ1n) is 4.15. The van der Waals surface area contributed by atoms with Crippen molar-refractivity contribution in [3.8, 4) is 0 Å². The summed E-state index contributed by atoms with van der Waals surface area (Å²) in [7, 11) is 0. The summed E-state index contributed by atoms with van der Waals surface area (Å²) in [6, 6.07) is 0. The molecule has 4 N–H and O–H groups in total. The van der Waals surface area contributed by atoms with Crippen LogP contribution in [0.5, 0.6) is 0 Å². The molecule has 70 valence electrons. The molecule has 0 saturated carbocycles. The Bertz CT molecular complexity index is 168. The number of hydrogen-bond donors (Lipinski definition) is 2. The molecule has 0 saturated heterocycles. The van der Waals surface area contributed by atoms with E-state index in [-0.39, 0.29) is 24.2 Å². The predicted molar refractivity (Wildman–Crippen MR) is 46.0 cm³/mol. The molecule has 0 fully saturated rings. The number of amides is 2. The fourth-order valence-electron chi connectivity index (χ4n) is 1.09. The van der Waals surface area contributed by atoms with Crippen LogP contribution in [0.4, 0.5) is 0 Å². The van der Waals surface area contributed by atoms with Crippen LogP contribution in [0.3, 0.4) is 0 Å².